The molecule has 0 spiro atoms. The van der Waals surface area contributed by atoms with Crippen molar-refractivity contribution in [2.45, 2.75) is 17.9 Å². The molecule has 0 aliphatic carbocycles. The summed E-state index contributed by atoms with van der Waals surface area (Å²) in [5, 5.41) is 5.41. The maximum Gasteiger partial charge on any atom is 0.258 e. The van der Waals surface area contributed by atoms with E-state index in [2.05, 4.69) is 10.6 Å². The van der Waals surface area contributed by atoms with Gasteiger partial charge in [-0.25, -0.2) is 0 Å². The Morgan fingerprint density at radius 3 is 2.46 bits per heavy atom. The summed E-state index contributed by atoms with van der Waals surface area (Å²) in [7, 11) is 0. The lowest BCUT2D eigenvalue weighted by atomic mass is 10.1. The second kappa shape index (κ2) is 10.4. The van der Waals surface area contributed by atoms with E-state index in [0.29, 0.717) is 10.3 Å². The van der Waals surface area contributed by atoms with Crippen molar-refractivity contribution in [2.75, 3.05) is 30.0 Å². The smallest absolute Gasteiger partial charge is 0.258 e. The van der Waals surface area contributed by atoms with Crippen molar-refractivity contribution in [1.29, 1.82) is 0 Å². The molecule has 0 radical (unpaired) electrons. The van der Waals surface area contributed by atoms with Gasteiger partial charge >= 0.3 is 0 Å². The van der Waals surface area contributed by atoms with Crippen molar-refractivity contribution in [3.63, 3.8) is 0 Å². The van der Waals surface area contributed by atoms with Crippen LogP contribution < -0.4 is 15.4 Å². The highest BCUT2D eigenvalue weighted by molar-refractivity contribution is 8.19. The molecule has 7 heteroatoms. The molecule has 0 aromatic heterocycles. The lowest BCUT2D eigenvalue weighted by Crippen LogP contribution is -2.35. The molecule has 1 saturated heterocycles. The van der Waals surface area contributed by atoms with Gasteiger partial charge in [-0.2, -0.15) is 0 Å². The first-order valence-corrected chi connectivity index (χ1v) is 11.4. The monoisotopic (exact) mass is 416 g/mol. The number of ether oxygens (including phenoxy) is 1. The minimum Gasteiger partial charge on any atom is -0.484 e. The van der Waals surface area contributed by atoms with E-state index in [9.17, 15) is 9.59 Å². The first kappa shape index (κ1) is 20.6. The van der Waals surface area contributed by atoms with Crippen LogP contribution in [0.5, 0.6) is 5.75 Å². The Kier molecular flexibility index (Phi) is 7.68. The fraction of sp³-hybridized carbons (Fsp3) is 0.333. The van der Waals surface area contributed by atoms with Crippen molar-refractivity contribution in [3.05, 3.63) is 59.7 Å². The normalized spacial score (nSPS) is 13.9. The van der Waals surface area contributed by atoms with Crippen LogP contribution >= 0.6 is 23.5 Å². The molecule has 0 saturated carbocycles. The summed E-state index contributed by atoms with van der Waals surface area (Å²) in [6.45, 7) is 1.82. The second-order valence-electron chi connectivity index (χ2n) is 6.27. The van der Waals surface area contributed by atoms with E-state index >= 15 is 0 Å². The Balaban J connectivity index is 1.40. The third-order valence-electron chi connectivity index (χ3n) is 4.26. The summed E-state index contributed by atoms with van der Waals surface area (Å²) >= 11 is 3.90. The molecule has 2 amide bonds. The summed E-state index contributed by atoms with van der Waals surface area (Å²) < 4.78 is 6.01. The predicted octanol–water partition coefficient (Wildman–Crippen LogP) is 3.86. The van der Waals surface area contributed by atoms with E-state index in [1.54, 1.807) is 0 Å². The van der Waals surface area contributed by atoms with Crippen molar-refractivity contribution >= 4 is 41.0 Å². The molecule has 2 aromatic carbocycles. The van der Waals surface area contributed by atoms with Crippen molar-refractivity contribution in [3.8, 4) is 5.75 Å². The standard InChI is InChI=1S/C21H24N2O3S2/c1-2-15-5-3-4-6-18(15)23-19(24)13-22-20(25)14-26-17-9-7-16(8-10-17)21-27-11-12-28-21/h3-10,21H,2,11-14H2,1H3,(H,22,25)(H,23,24). The lowest BCUT2D eigenvalue weighted by molar-refractivity contribution is -0.125. The Bertz CT molecular complexity index is 806. The van der Waals surface area contributed by atoms with Crippen LogP contribution in [-0.2, 0) is 16.0 Å². The molecule has 1 heterocycles. The Morgan fingerprint density at radius 1 is 1.04 bits per heavy atom. The van der Waals surface area contributed by atoms with E-state index in [1.165, 1.54) is 17.1 Å². The number of anilines is 1. The maximum absolute atomic E-state index is 12.1. The molecule has 2 aromatic rings. The molecular weight excluding hydrogens is 392 g/mol. The van der Waals surface area contributed by atoms with E-state index in [0.717, 1.165) is 17.7 Å². The number of thioether (sulfide) groups is 2. The van der Waals surface area contributed by atoms with Crippen LogP contribution in [-0.4, -0.2) is 36.5 Å². The number of carbonyl (C=O) groups is 2. The molecule has 1 aliphatic rings. The number of carbonyl (C=O) groups excluding carboxylic acids is 2. The van der Waals surface area contributed by atoms with E-state index in [-0.39, 0.29) is 25.0 Å². The first-order valence-electron chi connectivity index (χ1n) is 9.26. The SMILES string of the molecule is CCc1ccccc1NC(=O)CNC(=O)COc1ccc(C2SCCS2)cc1. The van der Waals surface area contributed by atoms with Crippen LogP contribution in [0, 0.1) is 0 Å². The molecular formula is C21H24N2O3S2. The van der Waals surface area contributed by atoms with E-state index in [1.807, 2.05) is 79.0 Å². The van der Waals surface area contributed by atoms with E-state index < -0.39 is 0 Å². The number of nitrogens with one attached hydrogen (secondary N) is 2. The molecule has 148 valence electrons. The van der Waals surface area contributed by atoms with Crippen LogP contribution in [0.25, 0.3) is 0 Å². The zero-order valence-electron chi connectivity index (χ0n) is 15.8. The number of para-hydroxylation sites is 1. The quantitative estimate of drug-likeness (QED) is 0.684. The zero-order chi connectivity index (χ0) is 19.8. The third kappa shape index (κ3) is 5.94. The molecule has 2 N–H and O–H groups in total. The number of hydrogen-bond donors (Lipinski definition) is 2. The topological polar surface area (TPSA) is 67.4 Å². The zero-order valence-corrected chi connectivity index (χ0v) is 17.4. The average molecular weight is 417 g/mol. The summed E-state index contributed by atoms with van der Waals surface area (Å²) in [5.41, 5.74) is 3.11. The highest BCUT2D eigenvalue weighted by Gasteiger charge is 2.18. The van der Waals surface area contributed by atoms with Gasteiger partial charge in [0.2, 0.25) is 5.91 Å². The maximum atomic E-state index is 12.1. The van der Waals surface area contributed by atoms with Crippen molar-refractivity contribution in [1.82, 2.24) is 5.32 Å². The van der Waals surface area contributed by atoms with Gasteiger partial charge in [0.05, 0.1) is 11.1 Å². The number of hydrogen-bond acceptors (Lipinski definition) is 5. The van der Waals surface area contributed by atoms with Gasteiger partial charge in [-0.3, -0.25) is 9.59 Å². The number of amides is 2. The second-order valence-corrected chi connectivity index (χ2v) is 8.99. The van der Waals surface area contributed by atoms with Crippen molar-refractivity contribution in [2.24, 2.45) is 0 Å². The Hall–Kier alpha value is -2.12. The molecule has 28 heavy (non-hydrogen) atoms. The largest absolute Gasteiger partial charge is 0.484 e. The highest BCUT2D eigenvalue weighted by atomic mass is 32.2. The first-order chi connectivity index (χ1) is 13.7. The summed E-state index contributed by atoms with van der Waals surface area (Å²) in [5.74, 6) is 2.43. The van der Waals surface area contributed by atoms with Gasteiger partial charge in [-0.15, -0.1) is 23.5 Å². The van der Waals surface area contributed by atoms with Crippen LogP contribution in [0.2, 0.25) is 0 Å². The van der Waals surface area contributed by atoms with Crippen LogP contribution in [0.1, 0.15) is 22.6 Å². The van der Waals surface area contributed by atoms with E-state index in [4.69, 9.17) is 4.74 Å². The molecule has 5 nitrogen and oxygen atoms in total. The predicted molar refractivity (Wildman–Crippen MR) is 117 cm³/mol. The minimum atomic E-state index is -0.329. The highest BCUT2D eigenvalue weighted by Crippen LogP contribution is 2.45. The van der Waals surface area contributed by atoms with Crippen LogP contribution in [0.15, 0.2) is 48.5 Å². The van der Waals surface area contributed by atoms with Gasteiger partial charge in [0, 0.05) is 17.2 Å². The molecule has 0 bridgehead atoms. The summed E-state index contributed by atoms with van der Waals surface area (Å²) in [6.07, 6.45) is 0.827. The van der Waals surface area contributed by atoms with Gasteiger partial charge in [0.15, 0.2) is 6.61 Å². The van der Waals surface area contributed by atoms with Gasteiger partial charge in [0.25, 0.3) is 5.91 Å². The lowest BCUT2D eigenvalue weighted by Gasteiger charge is -2.11. The fourth-order valence-corrected chi connectivity index (χ4v) is 5.66. The van der Waals surface area contributed by atoms with Crippen LogP contribution in [0.4, 0.5) is 5.69 Å². The average Bonchev–Trinajstić information content (AvgIpc) is 3.26. The Morgan fingerprint density at radius 2 is 1.75 bits per heavy atom. The van der Waals surface area contributed by atoms with Crippen molar-refractivity contribution < 1.29 is 14.3 Å². The number of aryl methyl sites for hydroxylation is 1. The molecule has 1 fully saturated rings. The van der Waals surface area contributed by atoms with Gasteiger partial charge < -0.3 is 15.4 Å². The van der Waals surface area contributed by atoms with Gasteiger partial charge in [-0.05, 0) is 35.7 Å². The molecule has 0 atom stereocenters. The van der Waals surface area contributed by atoms with Crippen LogP contribution in [0.3, 0.4) is 0 Å². The summed E-state index contributed by atoms with van der Waals surface area (Å²) in [6, 6.07) is 15.5. The van der Waals surface area contributed by atoms with Gasteiger partial charge in [0.1, 0.15) is 5.75 Å². The summed E-state index contributed by atoms with van der Waals surface area (Å²) in [4.78, 5) is 24.0. The minimum absolute atomic E-state index is 0.0880. The molecule has 1 aliphatic heterocycles. The number of benzene rings is 2. The third-order valence-corrected chi connectivity index (χ3v) is 7.37. The van der Waals surface area contributed by atoms with Gasteiger partial charge in [-0.1, -0.05) is 37.3 Å². The number of rotatable bonds is 8. The fourth-order valence-electron chi connectivity index (χ4n) is 2.80. The molecule has 0 unspecified atom stereocenters. The molecule has 3 rings (SSSR count). The Labute approximate surface area is 174 Å².